The van der Waals surface area contributed by atoms with Crippen LogP contribution in [0.5, 0.6) is 0 Å². The quantitative estimate of drug-likeness (QED) is 0.557. The lowest BCUT2D eigenvalue weighted by molar-refractivity contribution is -0.0243. The zero-order valence-corrected chi connectivity index (χ0v) is 17.1. The molecule has 1 aromatic carbocycles. The van der Waals surface area contributed by atoms with Crippen molar-refractivity contribution in [1.29, 1.82) is 0 Å². The molecule has 2 aromatic heterocycles. The standard InChI is InChI=1S/C22H23F2N5O3/c23-13-6-7-14(9-13)28-20-17-21(26-10-25-20)29(11-27-17)22-19(31)18(30)16(32-22)8-5-12-3-1-2-4-15(12)24/h1-5,8,10-11,13-14,16,18-19,22,30-31H,6-7,9H2,(H,25,26,28)/t13?,14?,16-,18-,19-,22-/m1/s1. The molecule has 5 rings (SSSR count). The van der Waals surface area contributed by atoms with Gasteiger partial charge in [0.2, 0.25) is 0 Å². The second kappa shape index (κ2) is 8.53. The van der Waals surface area contributed by atoms with Gasteiger partial charge in [0.1, 0.15) is 36.6 Å². The van der Waals surface area contributed by atoms with Crippen LogP contribution >= 0.6 is 0 Å². The van der Waals surface area contributed by atoms with Crippen LogP contribution in [-0.2, 0) is 4.74 Å². The average molecular weight is 443 g/mol. The topological polar surface area (TPSA) is 105 Å². The van der Waals surface area contributed by atoms with Gasteiger partial charge in [-0.2, -0.15) is 0 Å². The predicted molar refractivity (Wildman–Crippen MR) is 113 cm³/mol. The largest absolute Gasteiger partial charge is 0.387 e. The maximum absolute atomic E-state index is 13.9. The maximum atomic E-state index is 13.9. The molecule has 0 bridgehead atoms. The number of aromatic nitrogens is 4. The lowest BCUT2D eigenvalue weighted by atomic mass is 10.1. The van der Waals surface area contributed by atoms with Gasteiger partial charge >= 0.3 is 0 Å². The van der Waals surface area contributed by atoms with E-state index in [0.717, 1.165) is 0 Å². The number of nitrogens with zero attached hydrogens (tertiary/aromatic N) is 4. The highest BCUT2D eigenvalue weighted by molar-refractivity contribution is 5.82. The number of nitrogens with one attached hydrogen (secondary N) is 1. The van der Waals surface area contributed by atoms with Gasteiger partial charge in [-0.25, -0.2) is 23.7 Å². The van der Waals surface area contributed by atoms with Crippen LogP contribution in [0.2, 0.25) is 0 Å². The molecule has 3 heterocycles. The third-order valence-electron chi connectivity index (χ3n) is 5.99. The van der Waals surface area contributed by atoms with Crippen LogP contribution in [0, 0.1) is 5.82 Å². The summed E-state index contributed by atoms with van der Waals surface area (Å²) in [7, 11) is 0. The van der Waals surface area contributed by atoms with Crippen molar-refractivity contribution in [1.82, 2.24) is 19.5 Å². The summed E-state index contributed by atoms with van der Waals surface area (Å²) in [6.07, 6.45) is 2.38. The second-order valence-corrected chi connectivity index (χ2v) is 8.15. The fraction of sp³-hybridized carbons (Fsp3) is 0.409. The van der Waals surface area contributed by atoms with E-state index in [1.54, 1.807) is 18.2 Å². The molecule has 3 N–H and O–H groups in total. The number of aliphatic hydroxyl groups is 2. The van der Waals surface area contributed by atoms with Crippen LogP contribution < -0.4 is 5.32 Å². The SMILES string of the molecule is O[C@@H]1[C@H](O)[C@@H](C=Cc2ccccc2F)O[C@H]1n1cnc2c(NC3CCC(F)C3)ncnc21. The Hall–Kier alpha value is -2.95. The van der Waals surface area contributed by atoms with Crippen molar-refractivity contribution in [3.63, 3.8) is 0 Å². The van der Waals surface area contributed by atoms with Crippen LogP contribution in [-0.4, -0.2) is 60.3 Å². The molecule has 6 atom stereocenters. The average Bonchev–Trinajstić information content (AvgIpc) is 3.47. The van der Waals surface area contributed by atoms with Gasteiger partial charge in [-0.1, -0.05) is 30.4 Å². The first-order valence-corrected chi connectivity index (χ1v) is 10.5. The molecule has 8 nitrogen and oxygen atoms in total. The minimum absolute atomic E-state index is 0.0312. The van der Waals surface area contributed by atoms with E-state index in [2.05, 4.69) is 20.3 Å². The van der Waals surface area contributed by atoms with Crippen molar-refractivity contribution in [3.05, 3.63) is 54.4 Å². The molecule has 1 aliphatic carbocycles. The molecule has 2 unspecified atom stereocenters. The Balaban J connectivity index is 1.38. The maximum Gasteiger partial charge on any atom is 0.167 e. The van der Waals surface area contributed by atoms with Crippen molar-refractivity contribution < 1.29 is 23.7 Å². The molecule has 1 aliphatic heterocycles. The number of imidazole rings is 1. The van der Waals surface area contributed by atoms with Gasteiger partial charge in [-0.05, 0) is 25.3 Å². The zero-order valence-electron chi connectivity index (χ0n) is 17.1. The van der Waals surface area contributed by atoms with Gasteiger partial charge < -0.3 is 20.3 Å². The van der Waals surface area contributed by atoms with E-state index >= 15 is 0 Å². The Kier molecular flexibility index (Phi) is 5.58. The van der Waals surface area contributed by atoms with Gasteiger partial charge in [0.25, 0.3) is 0 Å². The molecule has 0 amide bonds. The first-order valence-electron chi connectivity index (χ1n) is 10.5. The van der Waals surface area contributed by atoms with Crippen LogP contribution in [0.4, 0.5) is 14.6 Å². The van der Waals surface area contributed by atoms with Crippen LogP contribution in [0.25, 0.3) is 17.2 Å². The number of halogens is 2. The van der Waals surface area contributed by atoms with Crippen molar-refractivity contribution in [2.45, 2.75) is 56.0 Å². The van der Waals surface area contributed by atoms with Crippen LogP contribution in [0.1, 0.15) is 31.1 Å². The highest BCUT2D eigenvalue weighted by Crippen LogP contribution is 2.34. The number of fused-ring (bicyclic) bond motifs is 1. The van der Waals surface area contributed by atoms with Crippen molar-refractivity contribution in [2.24, 2.45) is 0 Å². The Bertz CT molecular complexity index is 1140. The lowest BCUT2D eigenvalue weighted by Gasteiger charge is -2.17. The smallest absolute Gasteiger partial charge is 0.167 e. The molecule has 32 heavy (non-hydrogen) atoms. The molecule has 168 valence electrons. The van der Waals surface area contributed by atoms with Gasteiger partial charge in [0.15, 0.2) is 23.2 Å². The minimum Gasteiger partial charge on any atom is -0.387 e. The number of aliphatic hydroxyl groups excluding tert-OH is 2. The Labute approximate surface area is 182 Å². The number of alkyl halides is 1. The molecule has 1 saturated heterocycles. The normalized spacial score (nSPS) is 30.5. The second-order valence-electron chi connectivity index (χ2n) is 8.15. The summed E-state index contributed by atoms with van der Waals surface area (Å²) in [6.45, 7) is 0. The van der Waals surface area contributed by atoms with Gasteiger partial charge in [-0.15, -0.1) is 0 Å². The first kappa shape index (κ1) is 20.9. The monoisotopic (exact) mass is 443 g/mol. The van der Waals surface area contributed by atoms with E-state index < -0.39 is 36.5 Å². The number of rotatable bonds is 5. The zero-order chi connectivity index (χ0) is 22.2. The first-order chi connectivity index (χ1) is 15.5. The summed E-state index contributed by atoms with van der Waals surface area (Å²) in [5.41, 5.74) is 1.22. The molecule has 1 saturated carbocycles. The summed E-state index contributed by atoms with van der Waals surface area (Å²) in [5.74, 6) is 0.0869. The number of hydrogen-bond acceptors (Lipinski definition) is 7. The fourth-order valence-corrected chi connectivity index (χ4v) is 4.28. The summed E-state index contributed by atoms with van der Waals surface area (Å²) < 4.78 is 34.8. The van der Waals surface area contributed by atoms with E-state index in [4.69, 9.17) is 4.74 Å². The van der Waals surface area contributed by atoms with E-state index in [-0.39, 0.29) is 6.04 Å². The summed E-state index contributed by atoms with van der Waals surface area (Å²) >= 11 is 0. The Morgan fingerprint density at radius 3 is 2.75 bits per heavy atom. The summed E-state index contributed by atoms with van der Waals surface area (Å²) in [6, 6.07) is 6.20. The van der Waals surface area contributed by atoms with Gasteiger partial charge in [0, 0.05) is 11.6 Å². The van der Waals surface area contributed by atoms with Crippen LogP contribution in [0.15, 0.2) is 43.0 Å². The molecular formula is C22H23F2N5O3. The molecule has 2 aliphatic rings. The van der Waals surface area contributed by atoms with Gasteiger partial charge in [0.05, 0.1) is 6.33 Å². The third kappa shape index (κ3) is 3.85. The molecule has 2 fully saturated rings. The molecule has 0 radical (unpaired) electrons. The highest BCUT2D eigenvalue weighted by Gasteiger charge is 2.43. The molecule has 0 spiro atoms. The summed E-state index contributed by atoms with van der Waals surface area (Å²) in [4.78, 5) is 12.9. The van der Waals surface area contributed by atoms with Crippen molar-refractivity contribution in [2.75, 3.05) is 5.32 Å². The summed E-state index contributed by atoms with van der Waals surface area (Å²) in [5, 5.41) is 24.3. The fourth-order valence-electron chi connectivity index (χ4n) is 4.28. The van der Waals surface area contributed by atoms with E-state index in [1.165, 1.54) is 35.4 Å². The highest BCUT2D eigenvalue weighted by atomic mass is 19.1. The minimum atomic E-state index is -1.25. The predicted octanol–water partition coefficient (Wildman–Crippen LogP) is 2.60. The molecular weight excluding hydrogens is 420 g/mol. The molecule has 10 heteroatoms. The van der Waals surface area contributed by atoms with Gasteiger partial charge in [-0.3, -0.25) is 4.57 Å². The third-order valence-corrected chi connectivity index (χ3v) is 5.99. The molecule has 3 aromatic rings. The van der Waals surface area contributed by atoms with Crippen LogP contribution in [0.3, 0.4) is 0 Å². The van der Waals surface area contributed by atoms with Crippen molar-refractivity contribution in [3.8, 4) is 0 Å². The number of benzene rings is 1. The lowest BCUT2D eigenvalue weighted by Crippen LogP contribution is -2.30. The van der Waals surface area contributed by atoms with E-state index in [0.29, 0.717) is 41.8 Å². The Morgan fingerprint density at radius 1 is 1.12 bits per heavy atom. The number of ether oxygens (including phenoxy) is 1. The Morgan fingerprint density at radius 2 is 1.97 bits per heavy atom. The van der Waals surface area contributed by atoms with Crippen molar-refractivity contribution >= 4 is 23.1 Å². The number of anilines is 1. The van der Waals surface area contributed by atoms with E-state index in [1.807, 2.05) is 0 Å². The number of hydrogen-bond donors (Lipinski definition) is 3. The van der Waals surface area contributed by atoms with E-state index in [9.17, 15) is 19.0 Å².